The number of benzene rings is 2. The van der Waals surface area contributed by atoms with Crippen molar-refractivity contribution in [1.29, 1.82) is 0 Å². The Morgan fingerprint density at radius 3 is 2.56 bits per heavy atom. The smallest absolute Gasteiger partial charge is 0.123 e. The molecule has 27 heavy (non-hydrogen) atoms. The zero-order valence-corrected chi connectivity index (χ0v) is 17.1. The predicted octanol–water partition coefficient (Wildman–Crippen LogP) is 5.93. The molecule has 0 saturated carbocycles. The number of hydrogen-bond donors (Lipinski definition) is 0. The standard InChI is InChI=1S/C23H27NO2S/c1-4-14-27-20-10-8-18(23(16-20)26-3)7-5-6-17-12-13-24-22-11-9-19(25-2)15-21(17)22/h8-13,15-16H,4-7,14H2,1-3H3. The Morgan fingerprint density at radius 2 is 1.78 bits per heavy atom. The van der Waals surface area contributed by atoms with Crippen LogP contribution in [0.4, 0.5) is 0 Å². The van der Waals surface area contributed by atoms with Crippen LogP contribution in [-0.4, -0.2) is 25.0 Å². The summed E-state index contributed by atoms with van der Waals surface area (Å²) >= 11 is 1.89. The first kappa shape index (κ1) is 19.6. The fourth-order valence-electron chi connectivity index (χ4n) is 3.24. The van der Waals surface area contributed by atoms with E-state index >= 15 is 0 Å². The summed E-state index contributed by atoms with van der Waals surface area (Å²) in [6.07, 6.45) is 6.13. The summed E-state index contributed by atoms with van der Waals surface area (Å²) in [6, 6.07) is 14.8. The van der Waals surface area contributed by atoms with Crippen LogP contribution in [0.25, 0.3) is 10.9 Å². The Balaban J connectivity index is 1.70. The molecule has 0 aliphatic heterocycles. The maximum absolute atomic E-state index is 5.63. The van der Waals surface area contributed by atoms with Gasteiger partial charge in [-0.05, 0) is 79.0 Å². The first-order valence-electron chi connectivity index (χ1n) is 9.46. The maximum atomic E-state index is 5.63. The summed E-state index contributed by atoms with van der Waals surface area (Å²) in [5.74, 6) is 3.01. The van der Waals surface area contributed by atoms with Gasteiger partial charge in [-0.2, -0.15) is 0 Å². The van der Waals surface area contributed by atoms with Gasteiger partial charge in [0.1, 0.15) is 11.5 Å². The minimum absolute atomic E-state index is 0.874. The lowest BCUT2D eigenvalue weighted by molar-refractivity contribution is 0.408. The van der Waals surface area contributed by atoms with E-state index < -0.39 is 0 Å². The molecule has 1 aromatic heterocycles. The van der Waals surface area contributed by atoms with Crippen molar-refractivity contribution in [3.63, 3.8) is 0 Å². The summed E-state index contributed by atoms with van der Waals surface area (Å²) < 4.78 is 11.0. The molecule has 0 aliphatic carbocycles. The highest BCUT2D eigenvalue weighted by Crippen LogP contribution is 2.29. The van der Waals surface area contributed by atoms with Gasteiger partial charge in [0.2, 0.25) is 0 Å². The minimum Gasteiger partial charge on any atom is -0.497 e. The third-order valence-corrected chi connectivity index (χ3v) is 5.86. The van der Waals surface area contributed by atoms with Gasteiger partial charge in [0.15, 0.2) is 0 Å². The molecule has 0 radical (unpaired) electrons. The second kappa shape index (κ2) is 9.65. The van der Waals surface area contributed by atoms with Crippen molar-refractivity contribution < 1.29 is 9.47 Å². The van der Waals surface area contributed by atoms with Gasteiger partial charge in [0.05, 0.1) is 19.7 Å². The summed E-state index contributed by atoms with van der Waals surface area (Å²) in [5, 5.41) is 1.18. The maximum Gasteiger partial charge on any atom is 0.123 e. The molecule has 1 heterocycles. The van der Waals surface area contributed by atoms with Gasteiger partial charge in [0, 0.05) is 16.5 Å². The summed E-state index contributed by atoms with van der Waals surface area (Å²) in [7, 11) is 3.46. The topological polar surface area (TPSA) is 31.4 Å². The van der Waals surface area contributed by atoms with E-state index in [0.717, 1.165) is 42.0 Å². The highest BCUT2D eigenvalue weighted by atomic mass is 32.2. The molecule has 0 atom stereocenters. The van der Waals surface area contributed by atoms with E-state index in [4.69, 9.17) is 9.47 Å². The quantitative estimate of drug-likeness (QED) is 0.430. The molecule has 3 rings (SSSR count). The van der Waals surface area contributed by atoms with Crippen LogP contribution in [0.1, 0.15) is 30.9 Å². The van der Waals surface area contributed by atoms with E-state index in [0.29, 0.717) is 0 Å². The van der Waals surface area contributed by atoms with Crippen LogP contribution in [0.3, 0.4) is 0 Å². The fourth-order valence-corrected chi connectivity index (χ4v) is 4.03. The lowest BCUT2D eigenvalue weighted by Gasteiger charge is -2.11. The van der Waals surface area contributed by atoms with Gasteiger partial charge in [-0.15, -0.1) is 11.8 Å². The first-order chi connectivity index (χ1) is 13.2. The van der Waals surface area contributed by atoms with Gasteiger partial charge in [-0.25, -0.2) is 0 Å². The summed E-state index contributed by atoms with van der Waals surface area (Å²) in [6.45, 7) is 2.21. The van der Waals surface area contributed by atoms with Crippen LogP contribution >= 0.6 is 11.8 Å². The Labute approximate surface area is 166 Å². The number of fused-ring (bicyclic) bond motifs is 1. The molecule has 0 bridgehead atoms. The molecule has 4 heteroatoms. The molecule has 0 saturated heterocycles. The van der Waals surface area contributed by atoms with E-state index in [-0.39, 0.29) is 0 Å². The number of hydrogen-bond acceptors (Lipinski definition) is 4. The fraction of sp³-hybridized carbons (Fsp3) is 0.348. The molecule has 0 spiro atoms. The molecule has 3 aromatic rings. The van der Waals surface area contributed by atoms with Gasteiger partial charge < -0.3 is 9.47 Å². The van der Waals surface area contributed by atoms with Gasteiger partial charge in [-0.1, -0.05) is 13.0 Å². The number of nitrogens with zero attached hydrogens (tertiary/aromatic N) is 1. The molecular weight excluding hydrogens is 354 g/mol. The number of thioether (sulfide) groups is 1. The second-order valence-corrected chi connectivity index (χ2v) is 7.70. The molecular formula is C23H27NO2S. The van der Waals surface area contributed by atoms with Crippen LogP contribution in [0.15, 0.2) is 53.6 Å². The lowest BCUT2D eigenvalue weighted by Crippen LogP contribution is -1.96. The van der Waals surface area contributed by atoms with Crippen LogP contribution < -0.4 is 9.47 Å². The predicted molar refractivity (Wildman–Crippen MR) is 114 cm³/mol. The molecule has 3 nitrogen and oxygen atoms in total. The Morgan fingerprint density at radius 1 is 0.926 bits per heavy atom. The third kappa shape index (κ3) is 4.95. The first-order valence-corrected chi connectivity index (χ1v) is 10.4. The van der Waals surface area contributed by atoms with Crippen LogP contribution in [0.5, 0.6) is 11.5 Å². The number of pyridine rings is 1. The zero-order chi connectivity index (χ0) is 19.1. The summed E-state index contributed by atoms with van der Waals surface area (Å²) in [4.78, 5) is 5.75. The van der Waals surface area contributed by atoms with Crippen LogP contribution in [0, 0.1) is 0 Å². The highest BCUT2D eigenvalue weighted by Gasteiger charge is 2.08. The van der Waals surface area contributed by atoms with Crippen molar-refractivity contribution in [3.8, 4) is 11.5 Å². The molecule has 0 aliphatic rings. The van der Waals surface area contributed by atoms with Crippen molar-refractivity contribution in [1.82, 2.24) is 4.98 Å². The van der Waals surface area contributed by atoms with Crippen molar-refractivity contribution in [2.24, 2.45) is 0 Å². The largest absolute Gasteiger partial charge is 0.497 e. The molecule has 0 unspecified atom stereocenters. The zero-order valence-electron chi connectivity index (χ0n) is 16.3. The van der Waals surface area contributed by atoms with E-state index in [1.807, 2.05) is 30.1 Å². The van der Waals surface area contributed by atoms with E-state index in [2.05, 4.69) is 42.2 Å². The number of methoxy groups -OCH3 is 2. The average Bonchev–Trinajstić information content (AvgIpc) is 2.72. The van der Waals surface area contributed by atoms with Gasteiger partial charge >= 0.3 is 0 Å². The molecule has 142 valence electrons. The normalized spacial score (nSPS) is 10.9. The van der Waals surface area contributed by atoms with Gasteiger partial charge in [0.25, 0.3) is 0 Å². The van der Waals surface area contributed by atoms with Crippen LogP contribution in [-0.2, 0) is 12.8 Å². The average molecular weight is 382 g/mol. The summed E-state index contributed by atoms with van der Waals surface area (Å²) in [5.41, 5.74) is 3.60. The molecule has 2 aromatic carbocycles. The Bertz CT molecular complexity index is 895. The van der Waals surface area contributed by atoms with E-state index in [9.17, 15) is 0 Å². The molecule has 0 N–H and O–H groups in total. The second-order valence-electron chi connectivity index (χ2n) is 6.53. The third-order valence-electron chi connectivity index (χ3n) is 4.66. The molecule has 0 fully saturated rings. The van der Waals surface area contributed by atoms with Gasteiger partial charge in [-0.3, -0.25) is 4.98 Å². The number of aromatic nitrogens is 1. The van der Waals surface area contributed by atoms with E-state index in [1.54, 1.807) is 14.2 Å². The number of rotatable bonds is 9. The number of ether oxygens (including phenoxy) is 2. The van der Waals surface area contributed by atoms with Crippen molar-refractivity contribution in [3.05, 3.63) is 59.8 Å². The lowest BCUT2D eigenvalue weighted by atomic mass is 10.0. The van der Waals surface area contributed by atoms with Crippen molar-refractivity contribution in [2.45, 2.75) is 37.5 Å². The number of aryl methyl sites for hydroxylation is 2. The Kier molecular flexibility index (Phi) is 6.99. The van der Waals surface area contributed by atoms with Crippen molar-refractivity contribution in [2.75, 3.05) is 20.0 Å². The van der Waals surface area contributed by atoms with Crippen molar-refractivity contribution >= 4 is 22.7 Å². The Hall–Kier alpha value is -2.20. The monoisotopic (exact) mass is 381 g/mol. The SMILES string of the molecule is CCCSc1ccc(CCCc2ccnc3ccc(OC)cc23)c(OC)c1. The van der Waals surface area contributed by atoms with E-state index in [1.165, 1.54) is 27.8 Å². The highest BCUT2D eigenvalue weighted by molar-refractivity contribution is 7.99. The minimum atomic E-state index is 0.874. The molecule has 0 amide bonds. The van der Waals surface area contributed by atoms with Crippen LogP contribution in [0.2, 0.25) is 0 Å².